The zero-order valence-corrected chi connectivity index (χ0v) is 18.4. The Morgan fingerprint density at radius 1 is 1.24 bits per heavy atom. The lowest BCUT2D eigenvalue weighted by atomic mass is 10.0. The van der Waals surface area contributed by atoms with E-state index in [1.165, 1.54) is 20.5 Å². The lowest BCUT2D eigenvalue weighted by Crippen LogP contribution is -2.14. The van der Waals surface area contributed by atoms with Crippen molar-refractivity contribution in [2.24, 2.45) is 0 Å². The van der Waals surface area contributed by atoms with Crippen LogP contribution >= 0.6 is 22.9 Å². The van der Waals surface area contributed by atoms with Crippen molar-refractivity contribution in [3.05, 3.63) is 40.5 Å². The second-order valence-corrected chi connectivity index (χ2v) is 8.51. The second-order valence-electron chi connectivity index (χ2n) is 5.82. The molecule has 0 aliphatic heterocycles. The molecular weight excluding hydrogens is 436 g/mol. The van der Waals surface area contributed by atoms with Crippen LogP contribution in [0.5, 0.6) is 10.9 Å². The second kappa shape index (κ2) is 8.95. The van der Waals surface area contributed by atoms with Crippen LogP contribution in [0.3, 0.4) is 0 Å². The van der Waals surface area contributed by atoms with Gasteiger partial charge < -0.3 is 14.0 Å². The van der Waals surface area contributed by atoms with Gasteiger partial charge >= 0.3 is 0 Å². The van der Waals surface area contributed by atoms with Crippen LogP contribution in [0, 0.1) is 6.92 Å². The summed E-state index contributed by atoms with van der Waals surface area (Å²) in [6, 6.07) is 6.58. The van der Waals surface area contributed by atoms with E-state index in [0.717, 1.165) is 11.3 Å². The maximum Gasteiger partial charge on any atom is 0.295 e. The zero-order chi connectivity index (χ0) is 21.1. The Kier molecular flexibility index (Phi) is 6.58. The average Bonchev–Trinajstić information content (AvgIpc) is 3.14. The van der Waals surface area contributed by atoms with Gasteiger partial charge in [0.15, 0.2) is 4.90 Å². The molecule has 1 amide bonds. The number of halogens is 1. The number of aromatic nitrogens is 3. The molecule has 1 unspecified atom stereocenters. The van der Waals surface area contributed by atoms with E-state index in [-0.39, 0.29) is 0 Å². The molecule has 29 heavy (non-hydrogen) atoms. The molecular formula is C18H17ClN4O4S2. The zero-order valence-electron chi connectivity index (χ0n) is 16.0. The van der Waals surface area contributed by atoms with Crippen molar-refractivity contribution in [1.82, 2.24) is 15.2 Å². The molecule has 3 rings (SSSR count). The topological polar surface area (TPSA) is 109 Å². The average molecular weight is 453 g/mol. The normalized spacial score (nSPS) is 11.8. The Morgan fingerprint density at radius 2 is 2.00 bits per heavy atom. The van der Waals surface area contributed by atoms with Gasteiger partial charge in [0.05, 0.1) is 30.5 Å². The predicted molar refractivity (Wildman–Crippen MR) is 113 cm³/mol. The quantitative estimate of drug-likeness (QED) is 0.569. The van der Waals surface area contributed by atoms with Gasteiger partial charge in [0.2, 0.25) is 5.13 Å². The minimum atomic E-state index is -1.30. The number of carbonyl (C=O) groups excluding carboxylic acids is 1. The van der Waals surface area contributed by atoms with Crippen LogP contribution in [0.4, 0.5) is 5.13 Å². The van der Waals surface area contributed by atoms with Crippen LogP contribution in [0.25, 0.3) is 11.3 Å². The van der Waals surface area contributed by atoms with Crippen molar-refractivity contribution in [2.75, 3.05) is 25.8 Å². The molecule has 0 radical (unpaired) electrons. The number of nitrogens with zero attached hydrogens (tertiary/aromatic N) is 3. The van der Waals surface area contributed by atoms with Crippen molar-refractivity contribution < 1.29 is 18.8 Å². The SMILES string of the molecule is COc1nnc(NC(=O)c2ccc(C)nc2-c2cc(Cl)c([S+](C)[O-])cc2OC)s1. The minimum Gasteiger partial charge on any atom is -0.612 e. The van der Waals surface area contributed by atoms with Crippen molar-refractivity contribution in [1.29, 1.82) is 0 Å². The first-order valence-electron chi connectivity index (χ1n) is 8.21. The minimum absolute atomic E-state index is 0.292. The number of nitrogens with one attached hydrogen (secondary N) is 1. The van der Waals surface area contributed by atoms with Gasteiger partial charge in [-0.25, -0.2) is 0 Å². The van der Waals surface area contributed by atoms with E-state index < -0.39 is 17.1 Å². The Bertz CT molecular complexity index is 1060. The summed E-state index contributed by atoms with van der Waals surface area (Å²) in [7, 11) is 2.95. The third kappa shape index (κ3) is 4.61. The molecule has 0 fully saturated rings. The fraction of sp³-hybridized carbons (Fsp3) is 0.222. The van der Waals surface area contributed by atoms with Crippen LogP contribution < -0.4 is 14.8 Å². The van der Waals surface area contributed by atoms with Crippen LogP contribution in [0.15, 0.2) is 29.2 Å². The van der Waals surface area contributed by atoms with E-state index in [4.69, 9.17) is 21.1 Å². The Morgan fingerprint density at radius 3 is 2.62 bits per heavy atom. The van der Waals surface area contributed by atoms with Gasteiger partial charge in [-0.1, -0.05) is 16.7 Å². The molecule has 8 nitrogen and oxygen atoms in total. The number of benzene rings is 1. The van der Waals surface area contributed by atoms with E-state index in [1.54, 1.807) is 24.3 Å². The summed E-state index contributed by atoms with van der Waals surface area (Å²) in [4.78, 5) is 17.9. The molecule has 11 heteroatoms. The summed E-state index contributed by atoms with van der Waals surface area (Å²) in [5.41, 5.74) is 1.89. The number of hydrogen-bond donors (Lipinski definition) is 1. The third-order valence-electron chi connectivity index (χ3n) is 3.90. The standard InChI is InChI=1S/C18H17ClN4O4S2/c1-9-5-6-10(16(24)21-17-22-23-18(27-3)28-17)15(20-9)11-7-12(19)14(29(4)25)8-13(11)26-2/h5-8H,1-4H3,(H,21,22,24). The van der Waals surface area contributed by atoms with Crippen molar-refractivity contribution in [2.45, 2.75) is 11.8 Å². The van der Waals surface area contributed by atoms with E-state index in [1.807, 2.05) is 6.92 Å². The van der Waals surface area contributed by atoms with Gasteiger partial charge in [-0.15, -0.1) is 5.10 Å². The number of hydrogen-bond acceptors (Lipinski definition) is 8. The number of carbonyl (C=O) groups is 1. The first-order valence-corrected chi connectivity index (χ1v) is 11.0. The molecule has 1 N–H and O–H groups in total. The summed E-state index contributed by atoms with van der Waals surface area (Å²) >= 11 is 6.12. The van der Waals surface area contributed by atoms with Gasteiger partial charge in [-0.05, 0) is 47.6 Å². The summed E-state index contributed by atoms with van der Waals surface area (Å²) < 4.78 is 22.4. The van der Waals surface area contributed by atoms with Gasteiger partial charge in [0, 0.05) is 17.3 Å². The molecule has 1 atom stereocenters. The number of aryl methyl sites for hydroxylation is 1. The smallest absolute Gasteiger partial charge is 0.295 e. The number of methoxy groups -OCH3 is 2. The highest BCUT2D eigenvalue weighted by molar-refractivity contribution is 7.90. The lowest BCUT2D eigenvalue weighted by Gasteiger charge is -2.15. The van der Waals surface area contributed by atoms with Crippen molar-refractivity contribution >= 4 is 45.2 Å². The van der Waals surface area contributed by atoms with Crippen LogP contribution in [-0.4, -0.2) is 46.1 Å². The molecule has 3 aromatic rings. The van der Waals surface area contributed by atoms with Crippen LogP contribution in [0.2, 0.25) is 5.02 Å². The van der Waals surface area contributed by atoms with Crippen LogP contribution in [-0.2, 0) is 11.2 Å². The van der Waals surface area contributed by atoms with E-state index in [0.29, 0.717) is 48.5 Å². The summed E-state index contributed by atoms with van der Waals surface area (Å²) in [6.07, 6.45) is 1.53. The molecule has 0 saturated heterocycles. The van der Waals surface area contributed by atoms with Gasteiger partial charge in [-0.3, -0.25) is 15.1 Å². The monoisotopic (exact) mass is 452 g/mol. The highest BCUT2D eigenvalue weighted by Crippen LogP contribution is 2.37. The highest BCUT2D eigenvalue weighted by atomic mass is 35.5. The van der Waals surface area contributed by atoms with Gasteiger partial charge in [-0.2, -0.15) is 0 Å². The van der Waals surface area contributed by atoms with Gasteiger partial charge in [0.1, 0.15) is 12.0 Å². The molecule has 1 aromatic carbocycles. The molecule has 0 bridgehead atoms. The number of pyridine rings is 1. The summed E-state index contributed by atoms with van der Waals surface area (Å²) in [6.45, 7) is 1.81. The molecule has 2 aromatic heterocycles. The van der Waals surface area contributed by atoms with E-state index in [9.17, 15) is 9.35 Å². The number of rotatable bonds is 6. The largest absolute Gasteiger partial charge is 0.612 e. The summed E-state index contributed by atoms with van der Waals surface area (Å²) in [5, 5.41) is 11.3. The van der Waals surface area contributed by atoms with Crippen molar-refractivity contribution in [3.63, 3.8) is 0 Å². The maximum atomic E-state index is 12.9. The Labute approximate surface area is 179 Å². The highest BCUT2D eigenvalue weighted by Gasteiger charge is 2.23. The maximum absolute atomic E-state index is 12.9. The van der Waals surface area contributed by atoms with E-state index in [2.05, 4.69) is 20.5 Å². The number of anilines is 1. The third-order valence-corrected chi connectivity index (χ3v) is 6.08. The molecule has 2 heterocycles. The number of amides is 1. The fourth-order valence-corrected chi connectivity index (χ4v) is 4.21. The first kappa shape index (κ1) is 21.3. The molecule has 0 aliphatic rings. The first-order chi connectivity index (χ1) is 13.8. The Hall–Kier alpha value is -2.40. The lowest BCUT2D eigenvalue weighted by molar-refractivity contribution is 0.102. The summed E-state index contributed by atoms with van der Waals surface area (Å²) in [5.74, 6) is -0.0167. The Balaban J connectivity index is 2.07. The number of ether oxygens (including phenoxy) is 2. The van der Waals surface area contributed by atoms with E-state index >= 15 is 0 Å². The fourth-order valence-electron chi connectivity index (χ4n) is 2.56. The molecule has 0 spiro atoms. The van der Waals surface area contributed by atoms with Gasteiger partial charge in [0.25, 0.3) is 11.1 Å². The molecule has 0 aliphatic carbocycles. The van der Waals surface area contributed by atoms with Crippen molar-refractivity contribution in [3.8, 4) is 22.2 Å². The van der Waals surface area contributed by atoms with Crippen LogP contribution in [0.1, 0.15) is 16.1 Å². The predicted octanol–water partition coefficient (Wildman–Crippen LogP) is 3.57. The molecule has 0 saturated carbocycles. The molecule has 152 valence electrons.